The van der Waals surface area contributed by atoms with Crippen molar-refractivity contribution >= 4 is 15.9 Å². The van der Waals surface area contributed by atoms with Crippen LogP contribution in [-0.4, -0.2) is 26.9 Å². The highest BCUT2D eigenvalue weighted by atomic mass is 79.9. The van der Waals surface area contributed by atoms with Gasteiger partial charge in [-0.2, -0.15) is 0 Å². The first-order chi connectivity index (χ1) is 8.76. The van der Waals surface area contributed by atoms with E-state index in [0.717, 1.165) is 23.2 Å². The molecule has 3 nitrogen and oxygen atoms in total. The Morgan fingerprint density at radius 1 is 1.44 bits per heavy atom. The van der Waals surface area contributed by atoms with Crippen LogP contribution < -0.4 is 10.1 Å². The van der Waals surface area contributed by atoms with Gasteiger partial charge in [0.05, 0.1) is 23.7 Å². The summed E-state index contributed by atoms with van der Waals surface area (Å²) >= 11 is 3.54. The van der Waals surface area contributed by atoms with Gasteiger partial charge in [-0.15, -0.1) is 0 Å². The van der Waals surface area contributed by atoms with E-state index in [1.807, 2.05) is 13.1 Å². The smallest absolute Gasteiger partial charge is 0.133 e. The molecule has 1 fully saturated rings. The van der Waals surface area contributed by atoms with Gasteiger partial charge in [-0.1, -0.05) is 6.07 Å². The Balaban J connectivity index is 2.18. The number of likely N-dealkylation sites (N-methyl/N-ethyl adjacent to an activating group) is 1. The summed E-state index contributed by atoms with van der Waals surface area (Å²) in [5, 5.41) is 3.37. The van der Waals surface area contributed by atoms with Crippen molar-refractivity contribution in [3.63, 3.8) is 0 Å². The van der Waals surface area contributed by atoms with Crippen molar-refractivity contribution in [3.8, 4) is 5.75 Å². The van der Waals surface area contributed by atoms with Crippen molar-refractivity contribution in [2.45, 2.75) is 31.4 Å². The second-order valence-corrected chi connectivity index (χ2v) is 5.42. The Kier molecular flexibility index (Phi) is 5.03. The van der Waals surface area contributed by atoms with Crippen LogP contribution in [0.15, 0.2) is 22.7 Å². The van der Waals surface area contributed by atoms with E-state index in [-0.39, 0.29) is 12.1 Å². The average molecular weight is 314 g/mol. The summed E-state index contributed by atoms with van der Waals surface area (Å²) < 4.78 is 12.1. The monoisotopic (exact) mass is 313 g/mol. The van der Waals surface area contributed by atoms with Gasteiger partial charge in [-0.05, 0) is 59.9 Å². The summed E-state index contributed by atoms with van der Waals surface area (Å²) in [6.45, 7) is 0.875. The molecule has 0 aliphatic carbocycles. The zero-order valence-electron chi connectivity index (χ0n) is 10.9. The Bertz CT molecular complexity index is 391. The van der Waals surface area contributed by atoms with Crippen molar-refractivity contribution in [3.05, 3.63) is 28.2 Å². The quantitative estimate of drug-likeness (QED) is 0.925. The van der Waals surface area contributed by atoms with E-state index in [1.165, 1.54) is 18.4 Å². The minimum Gasteiger partial charge on any atom is -0.496 e. The molecule has 1 aromatic rings. The van der Waals surface area contributed by atoms with Gasteiger partial charge in [-0.3, -0.25) is 0 Å². The van der Waals surface area contributed by atoms with E-state index in [0.29, 0.717) is 0 Å². The van der Waals surface area contributed by atoms with Crippen LogP contribution in [0.1, 0.15) is 30.9 Å². The summed E-state index contributed by atoms with van der Waals surface area (Å²) in [6, 6.07) is 6.44. The van der Waals surface area contributed by atoms with Crippen LogP contribution >= 0.6 is 15.9 Å². The van der Waals surface area contributed by atoms with Crippen molar-refractivity contribution in [2.24, 2.45) is 0 Å². The molecule has 2 atom stereocenters. The van der Waals surface area contributed by atoms with Crippen LogP contribution in [0.25, 0.3) is 0 Å². The predicted molar refractivity (Wildman–Crippen MR) is 76.1 cm³/mol. The number of halogens is 1. The lowest BCUT2D eigenvalue weighted by molar-refractivity contribution is -0.00663. The third-order valence-electron chi connectivity index (χ3n) is 3.43. The van der Waals surface area contributed by atoms with Gasteiger partial charge >= 0.3 is 0 Å². The number of hydrogen-bond donors (Lipinski definition) is 1. The Morgan fingerprint density at radius 3 is 2.83 bits per heavy atom. The summed E-state index contributed by atoms with van der Waals surface area (Å²) in [5.74, 6) is 0.859. The molecule has 0 bridgehead atoms. The largest absolute Gasteiger partial charge is 0.496 e. The number of rotatable bonds is 4. The fraction of sp³-hybridized carbons (Fsp3) is 0.571. The number of ether oxygens (including phenoxy) is 2. The molecule has 1 saturated heterocycles. The summed E-state index contributed by atoms with van der Waals surface area (Å²) in [6.07, 6.45) is 3.82. The lowest BCUT2D eigenvalue weighted by Crippen LogP contribution is -2.34. The molecule has 1 aromatic carbocycles. The second kappa shape index (κ2) is 6.55. The van der Waals surface area contributed by atoms with Crippen LogP contribution in [0.2, 0.25) is 0 Å². The number of nitrogens with one attached hydrogen (secondary N) is 1. The van der Waals surface area contributed by atoms with Gasteiger partial charge in [0, 0.05) is 6.61 Å². The molecule has 0 radical (unpaired) electrons. The molecule has 4 heteroatoms. The van der Waals surface area contributed by atoms with Crippen LogP contribution in [0.5, 0.6) is 5.75 Å². The zero-order chi connectivity index (χ0) is 13.0. The van der Waals surface area contributed by atoms with Gasteiger partial charge < -0.3 is 14.8 Å². The van der Waals surface area contributed by atoms with Crippen LogP contribution in [0.3, 0.4) is 0 Å². The van der Waals surface area contributed by atoms with Gasteiger partial charge in [0.1, 0.15) is 5.75 Å². The van der Waals surface area contributed by atoms with Crippen LogP contribution in [-0.2, 0) is 4.74 Å². The van der Waals surface area contributed by atoms with Crippen LogP contribution in [0, 0.1) is 0 Å². The topological polar surface area (TPSA) is 30.5 Å². The molecule has 1 N–H and O–H groups in total. The van der Waals surface area contributed by atoms with Crippen molar-refractivity contribution in [1.29, 1.82) is 0 Å². The third kappa shape index (κ3) is 3.05. The molecule has 0 saturated carbocycles. The normalized spacial score (nSPS) is 21.6. The average Bonchev–Trinajstić information content (AvgIpc) is 2.41. The van der Waals surface area contributed by atoms with Crippen molar-refractivity contribution < 1.29 is 9.47 Å². The van der Waals surface area contributed by atoms with Gasteiger partial charge in [-0.25, -0.2) is 0 Å². The van der Waals surface area contributed by atoms with E-state index in [9.17, 15) is 0 Å². The molecule has 18 heavy (non-hydrogen) atoms. The molecular weight excluding hydrogens is 294 g/mol. The highest BCUT2D eigenvalue weighted by molar-refractivity contribution is 9.10. The lowest BCUT2D eigenvalue weighted by atomic mass is 9.96. The zero-order valence-corrected chi connectivity index (χ0v) is 12.5. The van der Waals surface area contributed by atoms with Crippen LogP contribution in [0.4, 0.5) is 0 Å². The molecule has 1 aliphatic heterocycles. The Labute approximate surface area is 117 Å². The first-order valence-electron chi connectivity index (χ1n) is 6.38. The standard InChI is InChI=1S/C14H20BrNO2/c1-16-14(13-5-3-4-8-18-13)10-6-7-12(17-2)11(15)9-10/h6-7,9,13-14,16H,3-5,8H2,1-2H3. The molecule has 0 spiro atoms. The van der Waals surface area contributed by atoms with E-state index >= 15 is 0 Å². The Hall–Kier alpha value is -0.580. The van der Waals surface area contributed by atoms with Crippen molar-refractivity contribution in [1.82, 2.24) is 5.32 Å². The molecule has 100 valence electrons. The first-order valence-corrected chi connectivity index (χ1v) is 7.18. The predicted octanol–water partition coefficient (Wildman–Crippen LogP) is 3.29. The number of methoxy groups -OCH3 is 1. The minimum absolute atomic E-state index is 0.243. The second-order valence-electron chi connectivity index (χ2n) is 4.57. The highest BCUT2D eigenvalue weighted by Crippen LogP contribution is 2.31. The van der Waals surface area contributed by atoms with Gasteiger partial charge in [0.25, 0.3) is 0 Å². The fourth-order valence-electron chi connectivity index (χ4n) is 2.47. The van der Waals surface area contributed by atoms with Gasteiger partial charge in [0.15, 0.2) is 0 Å². The molecule has 1 heterocycles. The maximum absolute atomic E-state index is 5.87. The molecular formula is C14H20BrNO2. The summed E-state index contributed by atoms with van der Waals surface area (Å²) in [4.78, 5) is 0. The fourth-order valence-corrected chi connectivity index (χ4v) is 3.03. The minimum atomic E-state index is 0.243. The maximum Gasteiger partial charge on any atom is 0.133 e. The third-order valence-corrected chi connectivity index (χ3v) is 4.05. The molecule has 1 aliphatic rings. The molecule has 2 rings (SSSR count). The first kappa shape index (κ1) is 13.8. The molecule has 0 aromatic heterocycles. The summed E-state index contributed by atoms with van der Waals surface area (Å²) in [5.41, 5.74) is 1.23. The SMILES string of the molecule is CNC(c1ccc(OC)c(Br)c1)C1CCCCO1. The Morgan fingerprint density at radius 2 is 2.28 bits per heavy atom. The van der Waals surface area contributed by atoms with Gasteiger partial charge in [0.2, 0.25) is 0 Å². The van der Waals surface area contributed by atoms with Crippen molar-refractivity contribution in [2.75, 3.05) is 20.8 Å². The van der Waals surface area contributed by atoms with E-state index in [4.69, 9.17) is 9.47 Å². The van der Waals surface area contributed by atoms with E-state index in [2.05, 4.69) is 33.4 Å². The highest BCUT2D eigenvalue weighted by Gasteiger charge is 2.25. The van der Waals surface area contributed by atoms with E-state index in [1.54, 1.807) is 7.11 Å². The molecule has 2 unspecified atom stereocenters. The lowest BCUT2D eigenvalue weighted by Gasteiger charge is -2.30. The maximum atomic E-state index is 5.87. The van der Waals surface area contributed by atoms with E-state index < -0.39 is 0 Å². The molecule has 0 amide bonds. The number of benzene rings is 1. The summed E-state index contributed by atoms with van der Waals surface area (Å²) in [7, 11) is 3.67. The number of hydrogen-bond acceptors (Lipinski definition) is 3.